The fourth-order valence-electron chi connectivity index (χ4n) is 3.32. The lowest BCUT2D eigenvalue weighted by atomic mass is 10.0. The number of hydrogen-bond acceptors (Lipinski definition) is 7. The lowest BCUT2D eigenvalue weighted by Crippen LogP contribution is -2.27. The van der Waals surface area contributed by atoms with Crippen LogP contribution in [-0.2, 0) is 24.1 Å². The van der Waals surface area contributed by atoms with Crippen LogP contribution < -0.4 is 10.2 Å². The number of anilines is 2. The van der Waals surface area contributed by atoms with Crippen LogP contribution in [0.3, 0.4) is 0 Å². The predicted molar refractivity (Wildman–Crippen MR) is 126 cm³/mol. The lowest BCUT2D eigenvalue weighted by Gasteiger charge is -2.19. The number of hydrogen-bond donors (Lipinski definition) is 2. The highest BCUT2D eigenvalue weighted by atomic mass is 19.4. The van der Waals surface area contributed by atoms with Crippen LogP contribution in [0.1, 0.15) is 48.0 Å². The number of carboxylic acid groups (broad SMARTS) is 1. The molecule has 0 aromatic carbocycles. The third-order valence-corrected chi connectivity index (χ3v) is 5.15. The number of rotatable bonds is 5. The summed E-state index contributed by atoms with van der Waals surface area (Å²) in [7, 11) is 3.54. The van der Waals surface area contributed by atoms with Gasteiger partial charge in [-0.05, 0) is 43.9 Å². The number of nitrogens with one attached hydrogen (secondary N) is 1. The predicted octanol–water partition coefficient (Wildman–Crippen LogP) is 3.19. The highest BCUT2D eigenvalue weighted by Gasteiger charge is 2.38. The first-order valence-corrected chi connectivity index (χ1v) is 11.2. The number of nitrogens with zero attached hydrogens (tertiary/aromatic N) is 5. The summed E-state index contributed by atoms with van der Waals surface area (Å²) < 4.78 is 31.7. The van der Waals surface area contributed by atoms with Crippen LogP contribution in [0.2, 0.25) is 0 Å². The van der Waals surface area contributed by atoms with Crippen molar-refractivity contribution in [3.8, 4) is 0 Å². The van der Waals surface area contributed by atoms with E-state index in [0.29, 0.717) is 11.4 Å². The van der Waals surface area contributed by atoms with Crippen LogP contribution in [0.15, 0.2) is 18.5 Å². The van der Waals surface area contributed by atoms with Gasteiger partial charge in [-0.2, -0.15) is 13.2 Å². The van der Waals surface area contributed by atoms with E-state index in [4.69, 9.17) is 14.9 Å². The van der Waals surface area contributed by atoms with Gasteiger partial charge >= 0.3 is 12.1 Å². The maximum atomic E-state index is 12.7. The summed E-state index contributed by atoms with van der Waals surface area (Å²) >= 11 is 0. The fraction of sp³-hybridized carbons (Fsp3) is 0.522. The van der Waals surface area contributed by atoms with E-state index >= 15 is 0 Å². The first-order valence-electron chi connectivity index (χ1n) is 11.2. The van der Waals surface area contributed by atoms with Crippen molar-refractivity contribution < 1.29 is 27.9 Å². The molecule has 192 valence electrons. The van der Waals surface area contributed by atoms with Crippen molar-refractivity contribution in [3.63, 3.8) is 0 Å². The van der Waals surface area contributed by atoms with Gasteiger partial charge in [-0.1, -0.05) is 6.92 Å². The van der Waals surface area contributed by atoms with Gasteiger partial charge in [-0.3, -0.25) is 4.79 Å². The average molecular weight is 497 g/mol. The summed E-state index contributed by atoms with van der Waals surface area (Å²) in [6.45, 7) is 7.83. The van der Waals surface area contributed by atoms with E-state index in [2.05, 4.69) is 41.0 Å². The van der Waals surface area contributed by atoms with Crippen molar-refractivity contribution in [2.45, 2.75) is 52.3 Å². The molecule has 0 bridgehead atoms. The van der Waals surface area contributed by atoms with Crippen LogP contribution in [0.4, 0.5) is 24.9 Å². The minimum Gasteiger partial charge on any atom is -0.475 e. The van der Waals surface area contributed by atoms with E-state index in [-0.39, 0.29) is 11.9 Å². The molecule has 0 saturated heterocycles. The van der Waals surface area contributed by atoms with Crippen LogP contribution in [0, 0.1) is 0 Å². The molecule has 0 spiro atoms. The summed E-state index contributed by atoms with van der Waals surface area (Å²) in [4.78, 5) is 39.3. The van der Waals surface area contributed by atoms with Gasteiger partial charge in [-0.15, -0.1) is 0 Å². The zero-order chi connectivity index (χ0) is 26.3. The quantitative estimate of drug-likeness (QED) is 0.649. The molecular weight excluding hydrogens is 465 g/mol. The molecular formula is C23H31F3N6O3. The largest absolute Gasteiger partial charge is 0.490 e. The maximum absolute atomic E-state index is 12.7. The van der Waals surface area contributed by atoms with Crippen molar-refractivity contribution in [1.82, 2.24) is 19.9 Å². The second-order valence-corrected chi connectivity index (χ2v) is 8.52. The van der Waals surface area contributed by atoms with Gasteiger partial charge < -0.3 is 20.2 Å². The fourth-order valence-corrected chi connectivity index (χ4v) is 3.32. The molecule has 3 rings (SSSR count). The van der Waals surface area contributed by atoms with Crippen LogP contribution in [0.5, 0.6) is 0 Å². The smallest absolute Gasteiger partial charge is 0.475 e. The van der Waals surface area contributed by atoms with Gasteiger partial charge in [0.05, 0.1) is 5.56 Å². The molecule has 1 aliphatic rings. The summed E-state index contributed by atoms with van der Waals surface area (Å²) in [5, 5.41) is 10.5. The second kappa shape index (κ2) is 11.8. The van der Waals surface area contributed by atoms with E-state index < -0.39 is 12.1 Å². The highest BCUT2D eigenvalue weighted by molar-refractivity contribution is 5.98. The number of aliphatic carboxylic acids is 1. The molecule has 2 N–H and O–H groups in total. The number of carbonyl (C=O) groups excluding carboxylic acids is 1. The van der Waals surface area contributed by atoms with Gasteiger partial charge in [0.15, 0.2) is 0 Å². The molecule has 2 aromatic heterocycles. The Kier molecular flexibility index (Phi) is 9.38. The minimum absolute atomic E-state index is 0.0296. The third kappa shape index (κ3) is 7.79. The van der Waals surface area contributed by atoms with E-state index in [9.17, 15) is 18.0 Å². The first kappa shape index (κ1) is 27.8. The van der Waals surface area contributed by atoms with Crippen LogP contribution >= 0.6 is 0 Å². The third-order valence-electron chi connectivity index (χ3n) is 5.15. The monoisotopic (exact) mass is 496 g/mol. The number of fused-ring (bicyclic) bond motifs is 1. The summed E-state index contributed by atoms with van der Waals surface area (Å²) in [6, 6.07) is 2.21. The Bertz CT molecular complexity index is 1030. The summed E-state index contributed by atoms with van der Waals surface area (Å²) in [5.41, 5.74) is 3.95. The number of halogens is 3. The van der Waals surface area contributed by atoms with Gasteiger partial charge in [-0.25, -0.2) is 19.7 Å². The van der Waals surface area contributed by atoms with Crippen molar-refractivity contribution in [3.05, 3.63) is 40.8 Å². The van der Waals surface area contributed by atoms with E-state index in [1.54, 1.807) is 19.0 Å². The molecule has 0 atom stereocenters. The molecule has 1 amide bonds. The van der Waals surface area contributed by atoms with Crippen molar-refractivity contribution >= 4 is 23.6 Å². The zero-order valence-electron chi connectivity index (χ0n) is 20.5. The molecule has 0 fully saturated rings. The van der Waals surface area contributed by atoms with Gasteiger partial charge in [0.1, 0.15) is 5.82 Å². The minimum atomic E-state index is -5.08. The Morgan fingerprint density at radius 2 is 1.74 bits per heavy atom. The number of aromatic nitrogens is 3. The number of alkyl halides is 3. The molecule has 0 saturated carbocycles. The molecule has 9 nitrogen and oxygen atoms in total. The highest BCUT2D eigenvalue weighted by Crippen LogP contribution is 2.24. The van der Waals surface area contributed by atoms with E-state index in [1.165, 1.54) is 0 Å². The average Bonchev–Trinajstić information content (AvgIpc) is 2.99. The van der Waals surface area contributed by atoms with Crippen molar-refractivity contribution in [1.29, 1.82) is 0 Å². The summed E-state index contributed by atoms with van der Waals surface area (Å²) in [5.74, 6) is -1.36. The van der Waals surface area contributed by atoms with Crippen molar-refractivity contribution in [2.75, 3.05) is 37.4 Å². The second-order valence-electron chi connectivity index (χ2n) is 8.52. The van der Waals surface area contributed by atoms with E-state index in [1.807, 2.05) is 18.5 Å². The molecule has 35 heavy (non-hydrogen) atoms. The van der Waals surface area contributed by atoms with Crippen LogP contribution in [0.25, 0.3) is 0 Å². The standard InChI is InChI=1S/C21H30N6O.C2HF3O2/c1-6-15-12-22-21(23-13-15)27-9-7-16-11-17(20(28)26(4)5)19(24-14(2)3)25-18(16)8-10-27;3-2(4,5)1(6)7/h11-14H,6-10H2,1-5H3,(H,24,25);(H,6,7). The maximum Gasteiger partial charge on any atom is 0.490 e. The Morgan fingerprint density at radius 1 is 1.17 bits per heavy atom. The van der Waals surface area contributed by atoms with Crippen LogP contribution in [-0.4, -0.2) is 76.2 Å². The van der Waals surface area contributed by atoms with Gasteiger partial charge in [0, 0.05) is 57.7 Å². The first-order chi connectivity index (χ1) is 16.3. The molecule has 0 aliphatic carbocycles. The zero-order valence-corrected chi connectivity index (χ0v) is 20.5. The summed E-state index contributed by atoms with van der Waals surface area (Å²) in [6.07, 6.45) is 1.27. The molecule has 2 aromatic rings. The number of amides is 1. The van der Waals surface area contributed by atoms with Gasteiger partial charge in [0.25, 0.3) is 5.91 Å². The van der Waals surface area contributed by atoms with Gasteiger partial charge in [0.2, 0.25) is 5.95 Å². The molecule has 0 unspecified atom stereocenters. The molecule has 0 radical (unpaired) electrons. The Morgan fingerprint density at radius 3 is 2.23 bits per heavy atom. The number of aryl methyl sites for hydroxylation is 1. The normalized spacial score (nSPS) is 13.3. The lowest BCUT2D eigenvalue weighted by molar-refractivity contribution is -0.192. The Hall–Kier alpha value is -3.44. The topological polar surface area (TPSA) is 112 Å². The Labute approximate surface area is 202 Å². The number of carbonyl (C=O) groups is 2. The SMILES string of the molecule is CCc1cnc(N2CCc3cc(C(=O)N(C)C)c(NC(C)C)nc3CC2)nc1.O=C(O)C(F)(F)F. The Balaban J connectivity index is 0.000000540. The molecule has 12 heteroatoms. The van der Waals surface area contributed by atoms with Crippen molar-refractivity contribution in [2.24, 2.45) is 0 Å². The number of pyridine rings is 1. The van der Waals surface area contributed by atoms with E-state index in [0.717, 1.165) is 55.1 Å². The number of carboxylic acids is 1. The molecule has 1 aliphatic heterocycles. The molecule has 3 heterocycles.